The van der Waals surface area contributed by atoms with Gasteiger partial charge >= 0.3 is 0 Å². The first-order valence-electron chi connectivity index (χ1n) is 2.10. The van der Waals surface area contributed by atoms with Gasteiger partial charge in [0.15, 0.2) is 5.78 Å². The third-order valence-corrected chi connectivity index (χ3v) is 0.790. The summed E-state index contributed by atoms with van der Waals surface area (Å²) in [7, 11) is 0. The summed E-state index contributed by atoms with van der Waals surface area (Å²) < 4.78 is 0. The molecule has 0 bridgehead atoms. The molecule has 2 nitrogen and oxygen atoms in total. The molecule has 0 spiro atoms. The summed E-state index contributed by atoms with van der Waals surface area (Å²) in [6, 6.07) is 0. The van der Waals surface area contributed by atoms with Gasteiger partial charge in [-0.2, -0.15) is 0 Å². The number of rotatable bonds is 2. The standard InChI is InChI=1S/C5H7NOS/c1-4(7)5(6)2-3-8/h2-3H,6H2,1H3. The average Bonchev–Trinajstić information content (AvgIpc) is 1.67. The van der Waals surface area contributed by atoms with Gasteiger partial charge in [-0.05, 0) is 6.08 Å². The van der Waals surface area contributed by atoms with Gasteiger partial charge in [0, 0.05) is 12.3 Å². The zero-order valence-corrected chi connectivity index (χ0v) is 5.37. The summed E-state index contributed by atoms with van der Waals surface area (Å²) in [6.45, 7) is 1.39. The van der Waals surface area contributed by atoms with E-state index in [4.69, 9.17) is 5.73 Å². The lowest BCUT2D eigenvalue weighted by atomic mass is 10.3. The summed E-state index contributed by atoms with van der Waals surface area (Å²) in [5.74, 6) is -0.147. The molecule has 0 saturated heterocycles. The fraction of sp³-hybridized carbons (Fsp3) is 0.200. The van der Waals surface area contributed by atoms with E-state index in [2.05, 4.69) is 12.2 Å². The van der Waals surface area contributed by atoms with Gasteiger partial charge in [-0.15, -0.1) is 0 Å². The predicted molar refractivity (Wildman–Crippen MR) is 36.6 cm³/mol. The quantitative estimate of drug-likeness (QED) is 0.434. The van der Waals surface area contributed by atoms with E-state index in [0.717, 1.165) is 0 Å². The fourth-order valence-corrected chi connectivity index (χ4v) is 0.337. The largest absolute Gasteiger partial charge is 0.396 e. The van der Waals surface area contributed by atoms with E-state index in [1.807, 2.05) is 0 Å². The third-order valence-electron chi connectivity index (χ3n) is 0.654. The number of carbonyl (C=O) groups is 1. The molecule has 0 aromatic rings. The van der Waals surface area contributed by atoms with Crippen LogP contribution in [0.5, 0.6) is 0 Å². The second kappa shape index (κ2) is 3.32. The van der Waals surface area contributed by atoms with Crippen molar-refractivity contribution in [1.82, 2.24) is 0 Å². The van der Waals surface area contributed by atoms with E-state index in [9.17, 15) is 4.79 Å². The minimum atomic E-state index is -0.147. The first kappa shape index (κ1) is 7.30. The lowest BCUT2D eigenvalue weighted by Gasteiger charge is -1.86. The van der Waals surface area contributed by atoms with Crippen LogP contribution in [0.15, 0.2) is 11.8 Å². The molecular formula is C5H7NOS. The maximum atomic E-state index is 10.3. The second-order valence-corrected chi connectivity index (χ2v) is 1.59. The minimum absolute atomic E-state index is 0.147. The number of hydrogen-bond acceptors (Lipinski definition) is 3. The maximum Gasteiger partial charge on any atom is 0.175 e. The molecule has 0 aliphatic rings. The molecule has 8 heavy (non-hydrogen) atoms. The van der Waals surface area contributed by atoms with Crippen molar-refractivity contribution < 1.29 is 4.79 Å². The summed E-state index contributed by atoms with van der Waals surface area (Å²) in [6.07, 6.45) is 1.40. The molecule has 2 N–H and O–H groups in total. The van der Waals surface area contributed by atoms with Crippen LogP contribution in [0.4, 0.5) is 0 Å². The van der Waals surface area contributed by atoms with Crippen LogP contribution in [0.25, 0.3) is 0 Å². The number of allylic oxidation sites excluding steroid dienone is 2. The number of carbonyl (C=O) groups excluding carboxylic acids is 1. The number of thiocarbonyl (C=S) groups is 1. The molecular weight excluding hydrogens is 122 g/mol. The first-order valence-corrected chi connectivity index (χ1v) is 2.57. The molecule has 0 atom stereocenters. The lowest BCUT2D eigenvalue weighted by molar-refractivity contribution is -0.113. The Balaban J connectivity index is 3.99. The lowest BCUT2D eigenvalue weighted by Crippen LogP contribution is -2.06. The predicted octanol–water partition coefficient (Wildman–Crippen LogP) is 0.418. The summed E-state index contributed by atoms with van der Waals surface area (Å²) in [5, 5.41) is 1.32. The van der Waals surface area contributed by atoms with E-state index >= 15 is 0 Å². The SMILES string of the molecule is CC(=O)C(N)=CC=S. The Bertz CT molecular complexity index is 139. The highest BCUT2D eigenvalue weighted by Gasteiger charge is 1.91. The molecule has 0 aliphatic carbocycles. The van der Waals surface area contributed by atoms with Gasteiger partial charge in [0.1, 0.15) is 0 Å². The first-order chi connectivity index (χ1) is 3.68. The minimum Gasteiger partial charge on any atom is -0.396 e. The van der Waals surface area contributed by atoms with Crippen molar-refractivity contribution >= 4 is 23.4 Å². The maximum absolute atomic E-state index is 10.3. The van der Waals surface area contributed by atoms with Gasteiger partial charge in [-0.25, -0.2) is 0 Å². The third kappa shape index (κ3) is 2.47. The van der Waals surface area contributed by atoms with Crippen LogP contribution in [0.1, 0.15) is 6.92 Å². The fourth-order valence-electron chi connectivity index (χ4n) is 0.191. The zero-order chi connectivity index (χ0) is 6.57. The van der Waals surface area contributed by atoms with Crippen LogP contribution in [0.2, 0.25) is 0 Å². The van der Waals surface area contributed by atoms with Crippen LogP contribution in [-0.2, 0) is 4.79 Å². The van der Waals surface area contributed by atoms with Crippen LogP contribution in [0.3, 0.4) is 0 Å². The van der Waals surface area contributed by atoms with Crippen molar-refractivity contribution in [1.29, 1.82) is 0 Å². The van der Waals surface area contributed by atoms with Crippen molar-refractivity contribution in [3.05, 3.63) is 11.8 Å². The van der Waals surface area contributed by atoms with E-state index < -0.39 is 0 Å². The molecule has 3 heteroatoms. The molecule has 0 amide bonds. The molecule has 0 unspecified atom stereocenters. The van der Waals surface area contributed by atoms with Gasteiger partial charge in [0.25, 0.3) is 0 Å². The van der Waals surface area contributed by atoms with Crippen LogP contribution >= 0.6 is 12.2 Å². The van der Waals surface area contributed by atoms with Gasteiger partial charge in [0.2, 0.25) is 0 Å². The Labute approximate surface area is 53.4 Å². The van der Waals surface area contributed by atoms with E-state index in [1.54, 1.807) is 0 Å². The molecule has 0 fully saturated rings. The Hall–Kier alpha value is -0.700. The molecule has 44 valence electrons. The van der Waals surface area contributed by atoms with Gasteiger partial charge < -0.3 is 5.73 Å². The number of ketones is 1. The summed E-state index contributed by atoms with van der Waals surface area (Å²) in [5.41, 5.74) is 5.35. The molecule has 0 rings (SSSR count). The van der Waals surface area contributed by atoms with Gasteiger partial charge in [0.05, 0.1) is 5.70 Å². The Kier molecular flexibility index (Phi) is 3.03. The Morgan fingerprint density at radius 1 is 1.75 bits per heavy atom. The highest BCUT2D eigenvalue weighted by molar-refractivity contribution is 7.79. The molecule has 0 saturated carbocycles. The van der Waals surface area contributed by atoms with E-state index in [-0.39, 0.29) is 11.5 Å². The molecule has 0 aliphatic heterocycles. The van der Waals surface area contributed by atoms with Gasteiger partial charge in [-0.1, -0.05) is 12.2 Å². The number of hydrogen-bond donors (Lipinski definition) is 1. The second-order valence-electron chi connectivity index (χ2n) is 1.31. The Morgan fingerprint density at radius 3 is 2.38 bits per heavy atom. The van der Waals surface area contributed by atoms with Crippen molar-refractivity contribution in [2.75, 3.05) is 0 Å². The molecule has 0 heterocycles. The summed E-state index contributed by atoms with van der Waals surface area (Å²) in [4.78, 5) is 10.3. The van der Waals surface area contributed by atoms with Crippen molar-refractivity contribution in [2.24, 2.45) is 5.73 Å². The molecule has 0 radical (unpaired) electrons. The monoisotopic (exact) mass is 129 g/mol. The van der Waals surface area contributed by atoms with Crippen molar-refractivity contribution in [2.45, 2.75) is 6.92 Å². The normalized spacial score (nSPS) is 10.9. The smallest absolute Gasteiger partial charge is 0.175 e. The topological polar surface area (TPSA) is 43.1 Å². The van der Waals surface area contributed by atoms with Crippen LogP contribution < -0.4 is 5.73 Å². The van der Waals surface area contributed by atoms with Crippen LogP contribution in [-0.4, -0.2) is 11.2 Å². The molecule has 0 aromatic carbocycles. The average molecular weight is 129 g/mol. The summed E-state index contributed by atoms with van der Waals surface area (Å²) >= 11 is 4.41. The highest BCUT2D eigenvalue weighted by Crippen LogP contribution is 1.81. The Morgan fingerprint density at radius 2 is 2.25 bits per heavy atom. The van der Waals surface area contributed by atoms with E-state index in [0.29, 0.717) is 0 Å². The highest BCUT2D eigenvalue weighted by atomic mass is 32.1. The van der Waals surface area contributed by atoms with Crippen molar-refractivity contribution in [3.8, 4) is 0 Å². The zero-order valence-electron chi connectivity index (χ0n) is 4.55. The van der Waals surface area contributed by atoms with Crippen LogP contribution in [0, 0.1) is 0 Å². The van der Waals surface area contributed by atoms with Gasteiger partial charge in [-0.3, -0.25) is 4.79 Å². The van der Waals surface area contributed by atoms with Crippen molar-refractivity contribution in [3.63, 3.8) is 0 Å². The molecule has 0 aromatic heterocycles. The van der Waals surface area contributed by atoms with E-state index in [1.165, 1.54) is 18.4 Å². The number of Topliss-reactive ketones (excluding diaryl/α,β-unsaturated/α-hetero) is 1. The number of nitrogens with two attached hydrogens (primary N) is 1.